The molecule has 0 atom stereocenters. The van der Waals surface area contributed by atoms with Gasteiger partial charge in [0.25, 0.3) is 5.91 Å². The van der Waals surface area contributed by atoms with Crippen LogP contribution in [0.3, 0.4) is 0 Å². The Labute approximate surface area is 151 Å². The minimum atomic E-state index is -0.396. The Morgan fingerprint density at radius 3 is 2.42 bits per heavy atom. The first-order chi connectivity index (χ1) is 12.5. The van der Waals surface area contributed by atoms with Gasteiger partial charge in [-0.3, -0.25) is 9.59 Å². The molecule has 26 heavy (non-hydrogen) atoms. The second-order valence-corrected chi connectivity index (χ2v) is 6.37. The van der Waals surface area contributed by atoms with Crippen molar-refractivity contribution < 1.29 is 18.7 Å². The topological polar surface area (TPSA) is 54.8 Å². The van der Waals surface area contributed by atoms with Crippen molar-refractivity contribution in [2.45, 2.75) is 6.42 Å². The van der Waals surface area contributed by atoms with E-state index in [9.17, 15) is 14.0 Å². The highest BCUT2D eigenvalue weighted by molar-refractivity contribution is 5.94. The standard InChI is InChI=1S/C19H22FN3O3/c1-21-6-5-14(13-21)19(25)23-9-7-22(8-10-23)18(24)12-15-11-16(20)3-4-17(15)26-2/h3-6,11,13H,7-10,12H2,1-2H3. The van der Waals surface area contributed by atoms with Crippen LogP contribution in [-0.4, -0.2) is 59.5 Å². The fraction of sp³-hybridized carbons (Fsp3) is 0.368. The number of benzene rings is 1. The zero-order valence-corrected chi connectivity index (χ0v) is 14.9. The Balaban J connectivity index is 1.59. The molecule has 1 aromatic carbocycles. The largest absolute Gasteiger partial charge is 0.496 e. The summed E-state index contributed by atoms with van der Waals surface area (Å²) in [6.45, 7) is 1.91. The third kappa shape index (κ3) is 3.87. The van der Waals surface area contributed by atoms with E-state index in [0.717, 1.165) is 0 Å². The van der Waals surface area contributed by atoms with Crippen molar-refractivity contribution in [2.24, 2.45) is 7.05 Å². The highest BCUT2D eigenvalue weighted by atomic mass is 19.1. The van der Waals surface area contributed by atoms with E-state index in [0.29, 0.717) is 43.1 Å². The molecule has 7 heteroatoms. The average Bonchev–Trinajstić information content (AvgIpc) is 3.08. The van der Waals surface area contributed by atoms with Gasteiger partial charge in [0.1, 0.15) is 11.6 Å². The summed E-state index contributed by atoms with van der Waals surface area (Å²) in [6.07, 6.45) is 3.70. The first-order valence-electron chi connectivity index (χ1n) is 8.49. The van der Waals surface area contributed by atoms with E-state index in [4.69, 9.17) is 4.74 Å². The Bertz CT molecular complexity index is 810. The van der Waals surface area contributed by atoms with E-state index in [-0.39, 0.29) is 18.2 Å². The summed E-state index contributed by atoms with van der Waals surface area (Å²) in [5.41, 5.74) is 1.18. The van der Waals surface area contributed by atoms with E-state index >= 15 is 0 Å². The highest BCUT2D eigenvalue weighted by Crippen LogP contribution is 2.21. The fourth-order valence-corrected chi connectivity index (χ4v) is 3.13. The summed E-state index contributed by atoms with van der Waals surface area (Å²) in [6, 6.07) is 5.94. The minimum Gasteiger partial charge on any atom is -0.496 e. The van der Waals surface area contributed by atoms with Gasteiger partial charge in [-0.25, -0.2) is 4.39 Å². The Morgan fingerprint density at radius 2 is 1.81 bits per heavy atom. The van der Waals surface area contributed by atoms with Crippen LogP contribution < -0.4 is 4.74 Å². The number of nitrogens with zero attached hydrogens (tertiary/aromatic N) is 3. The first-order valence-corrected chi connectivity index (χ1v) is 8.49. The third-order valence-corrected chi connectivity index (χ3v) is 4.58. The minimum absolute atomic E-state index is 0.0236. The molecule has 1 saturated heterocycles. The first kappa shape index (κ1) is 18.0. The fourth-order valence-electron chi connectivity index (χ4n) is 3.13. The monoisotopic (exact) mass is 359 g/mol. The van der Waals surface area contributed by atoms with Crippen molar-refractivity contribution in [3.05, 3.63) is 53.6 Å². The van der Waals surface area contributed by atoms with E-state index in [1.807, 2.05) is 17.8 Å². The molecule has 0 aliphatic carbocycles. The Hall–Kier alpha value is -2.83. The van der Waals surface area contributed by atoms with Crippen molar-refractivity contribution in [3.8, 4) is 5.75 Å². The van der Waals surface area contributed by atoms with Crippen LogP contribution in [0, 0.1) is 5.82 Å². The van der Waals surface area contributed by atoms with Crippen molar-refractivity contribution in [1.82, 2.24) is 14.4 Å². The number of ether oxygens (including phenoxy) is 1. The molecule has 138 valence electrons. The lowest BCUT2D eigenvalue weighted by Crippen LogP contribution is -2.51. The van der Waals surface area contributed by atoms with Crippen LogP contribution in [-0.2, 0) is 18.3 Å². The highest BCUT2D eigenvalue weighted by Gasteiger charge is 2.25. The quantitative estimate of drug-likeness (QED) is 0.835. The molecule has 0 radical (unpaired) electrons. The molecule has 2 aromatic rings. The van der Waals surface area contributed by atoms with Crippen molar-refractivity contribution >= 4 is 11.8 Å². The lowest BCUT2D eigenvalue weighted by Gasteiger charge is -2.34. The predicted octanol–water partition coefficient (Wildman–Crippen LogP) is 1.70. The smallest absolute Gasteiger partial charge is 0.255 e. The van der Waals surface area contributed by atoms with Crippen LogP contribution in [0.5, 0.6) is 5.75 Å². The maximum absolute atomic E-state index is 13.5. The number of aromatic nitrogens is 1. The molecule has 6 nitrogen and oxygen atoms in total. The lowest BCUT2D eigenvalue weighted by atomic mass is 10.1. The molecule has 1 aliphatic rings. The van der Waals surface area contributed by atoms with E-state index in [1.165, 1.54) is 25.3 Å². The van der Waals surface area contributed by atoms with Crippen molar-refractivity contribution in [3.63, 3.8) is 0 Å². The maximum atomic E-state index is 13.5. The molecule has 3 rings (SSSR count). The molecule has 0 bridgehead atoms. The number of methoxy groups -OCH3 is 1. The normalized spacial score (nSPS) is 14.4. The van der Waals surface area contributed by atoms with Gasteiger partial charge in [-0.1, -0.05) is 0 Å². The number of piperazine rings is 1. The van der Waals surface area contributed by atoms with E-state index < -0.39 is 5.82 Å². The second-order valence-electron chi connectivity index (χ2n) is 6.37. The van der Waals surface area contributed by atoms with Crippen molar-refractivity contribution in [2.75, 3.05) is 33.3 Å². The van der Waals surface area contributed by atoms with Crippen LogP contribution >= 0.6 is 0 Å². The number of hydrogen-bond donors (Lipinski definition) is 0. The summed E-state index contributed by atoms with van der Waals surface area (Å²) < 4.78 is 20.5. The summed E-state index contributed by atoms with van der Waals surface area (Å²) in [4.78, 5) is 28.4. The molecule has 0 N–H and O–H groups in total. The van der Waals surface area contributed by atoms with Crippen LogP contribution in [0.25, 0.3) is 0 Å². The third-order valence-electron chi connectivity index (χ3n) is 4.58. The summed E-state index contributed by atoms with van der Waals surface area (Å²) in [5, 5.41) is 0. The zero-order valence-electron chi connectivity index (χ0n) is 14.9. The molecular formula is C19H22FN3O3. The Morgan fingerprint density at radius 1 is 1.12 bits per heavy atom. The summed E-state index contributed by atoms with van der Waals surface area (Å²) in [5.74, 6) is -0.0188. The molecule has 0 saturated carbocycles. The number of hydrogen-bond acceptors (Lipinski definition) is 3. The number of amides is 2. The predicted molar refractivity (Wildman–Crippen MR) is 94.6 cm³/mol. The van der Waals surface area contributed by atoms with Crippen LogP contribution in [0.15, 0.2) is 36.7 Å². The molecule has 0 spiro atoms. The van der Waals surface area contributed by atoms with Gasteiger partial charge in [0.2, 0.25) is 5.91 Å². The summed E-state index contributed by atoms with van der Waals surface area (Å²) >= 11 is 0. The van der Waals surface area contributed by atoms with Crippen LogP contribution in [0.1, 0.15) is 15.9 Å². The molecule has 0 unspecified atom stereocenters. The van der Waals surface area contributed by atoms with Gasteiger partial charge in [0, 0.05) is 51.2 Å². The number of rotatable bonds is 4. The van der Waals surface area contributed by atoms with Crippen molar-refractivity contribution in [1.29, 1.82) is 0 Å². The van der Waals surface area contributed by atoms with E-state index in [2.05, 4.69) is 0 Å². The average molecular weight is 359 g/mol. The molecular weight excluding hydrogens is 337 g/mol. The van der Waals surface area contributed by atoms with Gasteiger partial charge >= 0.3 is 0 Å². The number of aryl methyl sites for hydroxylation is 1. The van der Waals surface area contributed by atoms with Gasteiger partial charge in [-0.15, -0.1) is 0 Å². The molecule has 1 fully saturated rings. The molecule has 2 amide bonds. The molecule has 1 aromatic heterocycles. The van der Waals surface area contributed by atoms with Crippen LogP contribution in [0.2, 0.25) is 0 Å². The summed E-state index contributed by atoms with van der Waals surface area (Å²) in [7, 11) is 3.36. The lowest BCUT2D eigenvalue weighted by molar-refractivity contribution is -0.131. The van der Waals surface area contributed by atoms with Gasteiger partial charge in [0.15, 0.2) is 0 Å². The second kappa shape index (κ2) is 7.59. The zero-order chi connectivity index (χ0) is 18.7. The van der Waals surface area contributed by atoms with Gasteiger partial charge in [-0.05, 0) is 24.3 Å². The number of carbonyl (C=O) groups excluding carboxylic acids is 2. The maximum Gasteiger partial charge on any atom is 0.255 e. The van der Waals surface area contributed by atoms with Gasteiger partial charge in [0.05, 0.1) is 19.1 Å². The van der Waals surface area contributed by atoms with Gasteiger partial charge < -0.3 is 19.1 Å². The van der Waals surface area contributed by atoms with Gasteiger partial charge in [-0.2, -0.15) is 0 Å². The van der Waals surface area contributed by atoms with Crippen LogP contribution in [0.4, 0.5) is 4.39 Å². The SMILES string of the molecule is COc1ccc(F)cc1CC(=O)N1CCN(C(=O)c2ccn(C)c2)CC1. The Kier molecular flexibility index (Phi) is 5.25. The molecule has 2 heterocycles. The van der Waals surface area contributed by atoms with E-state index in [1.54, 1.807) is 22.1 Å². The number of halogens is 1. The number of carbonyl (C=O) groups is 2. The molecule has 1 aliphatic heterocycles.